The van der Waals surface area contributed by atoms with Gasteiger partial charge in [0.2, 0.25) is 0 Å². The summed E-state index contributed by atoms with van der Waals surface area (Å²) in [5.41, 5.74) is 10.8. The quantitative estimate of drug-likeness (QED) is 0.275. The van der Waals surface area contributed by atoms with E-state index in [0.29, 0.717) is 6.54 Å². The van der Waals surface area contributed by atoms with Gasteiger partial charge < -0.3 is 9.47 Å². The summed E-state index contributed by atoms with van der Waals surface area (Å²) in [6.45, 7) is 0.476. The van der Waals surface area contributed by atoms with Crippen LogP contribution < -0.4 is 0 Å². The van der Waals surface area contributed by atoms with Crippen molar-refractivity contribution in [2.75, 3.05) is 20.4 Å². The van der Waals surface area contributed by atoms with Crippen molar-refractivity contribution in [3.8, 4) is 0 Å². The molecule has 2 aromatic rings. The molecule has 0 aliphatic carbocycles. The van der Waals surface area contributed by atoms with Gasteiger partial charge in [0.25, 0.3) is 0 Å². The number of nitrogens with zero attached hydrogens (tertiary/aromatic N) is 3. The largest absolute Gasteiger partial charge is 0.359 e. The van der Waals surface area contributed by atoms with Gasteiger partial charge in [0.15, 0.2) is 0 Å². The minimum atomic E-state index is -0.261. The molecule has 0 radical (unpaired) electrons. The highest BCUT2D eigenvalue weighted by atomic mass is 79.9. The average Bonchev–Trinajstić information content (AvgIpc) is 2.59. The van der Waals surface area contributed by atoms with Crippen LogP contribution in [0.5, 0.6) is 0 Å². The molecule has 120 valence electrons. The molecule has 0 unspecified atom stereocenters. The maximum Gasteiger partial charge on any atom is 0.147 e. The summed E-state index contributed by atoms with van der Waals surface area (Å²) < 4.78 is 12.0. The average molecular weight is 376 g/mol. The van der Waals surface area contributed by atoms with Crippen molar-refractivity contribution >= 4 is 15.9 Å². The molecule has 0 spiro atoms. The molecule has 23 heavy (non-hydrogen) atoms. The molecular weight excluding hydrogens is 358 g/mol. The molecule has 0 aromatic heterocycles. The molecule has 0 saturated heterocycles. The van der Waals surface area contributed by atoms with Crippen molar-refractivity contribution in [3.63, 3.8) is 0 Å². The van der Waals surface area contributed by atoms with E-state index in [1.54, 1.807) is 7.11 Å². The van der Waals surface area contributed by atoms with Gasteiger partial charge in [-0.2, -0.15) is 0 Å². The molecule has 0 heterocycles. The number of hydrogen-bond acceptors (Lipinski definition) is 3. The topological polar surface area (TPSA) is 67.2 Å². The normalized spacial score (nSPS) is 13.1. The fourth-order valence-corrected chi connectivity index (χ4v) is 2.70. The first-order chi connectivity index (χ1) is 11.3. The molecule has 2 aromatic carbocycles. The highest BCUT2D eigenvalue weighted by Crippen LogP contribution is 2.35. The van der Waals surface area contributed by atoms with E-state index in [9.17, 15) is 0 Å². The molecule has 6 heteroatoms. The Morgan fingerprint density at radius 1 is 1.09 bits per heavy atom. The second-order valence-corrected chi connectivity index (χ2v) is 5.89. The molecule has 0 saturated carbocycles. The van der Waals surface area contributed by atoms with Crippen LogP contribution in [0.15, 0.2) is 64.2 Å². The molecule has 0 fully saturated rings. The fraction of sp³-hybridized carbons (Fsp3) is 0.294. The lowest BCUT2D eigenvalue weighted by molar-refractivity contribution is -0.0816. The number of rotatable bonds is 8. The number of azide groups is 1. The molecule has 0 aliphatic heterocycles. The van der Waals surface area contributed by atoms with Gasteiger partial charge in [0.1, 0.15) is 6.79 Å². The van der Waals surface area contributed by atoms with Gasteiger partial charge in [-0.25, -0.2) is 0 Å². The van der Waals surface area contributed by atoms with E-state index in [1.807, 2.05) is 54.6 Å². The zero-order chi connectivity index (χ0) is 16.5. The van der Waals surface area contributed by atoms with E-state index in [0.717, 1.165) is 15.6 Å². The number of methoxy groups -OCH3 is 1. The minimum Gasteiger partial charge on any atom is -0.359 e. The summed E-state index contributed by atoms with van der Waals surface area (Å²) in [5, 5.41) is 3.77. The van der Waals surface area contributed by atoms with Crippen LogP contribution >= 0.6 is 15.9 Å². The van der Waals surface area contributed by atoms with Crippen LogP contribution in [0.25, 0.3) is 10.4 Å². The van der Waals surface area contributed by atoms with Crippen molar-refractivity contribution in [2.24, 2.45) is 5.11 Å². The molecule has 0 N–H and O–H groups in total. The highest BCUT2D eigenvalue weighted by Gasteiger charge is 2.25. The Balaban J connectivity index is 2.38. The van der Waals surface area contributed by atoms with Gasteiger partial charge in [-0.3, -0.25) is 0 Å². The first-order valence-electron chi connectivity index (χ1n) is 7.18. The molecule has 0 aliphatic rings. The highest BCUT2D eigenvalue weighted by molar-refractivity contribution is 9.10. The van der Waals surface area contributed by atoms with E-state index >= 15 is 0 Å². The van der Waals surface area contributed by atoms with Gasteiger partial charge >= 0.3 is 0 Å². The summed E-state index contributed by atoms with van der Waals surface area (Å²) in [6, 6.07) is 17.8. The van der Waals surface area contributed by atoms with Gasteiger partial charge in [0.05, 0.1) is 6.10 Å². The maximum absolute atomic E-state index is 8.72. The fourth-order valence-electron chi connectivity index (χ4n) is 2.44. The molecule has 0 amide bonds. The minimum absolute atomic E-state index is 0.100. The number of ether oxygens (including phenoxy) is 2. The lowest BCUT2D eigenvalue weighted by Gasteiger charge is -2.27. The van der Waals surface area contributed by atoms with E-state index in [1.165, 1.54) is 0 Å². The summed E-state index contributed by atoms with van der Waals surface area (Å²) in [4.78, 5) is 2.90. The number of hydrogen-bond donors (Lipinski definition) is 0. The Morgan fingerprint density at radius 3 is 2.39 bits per heavy atom. The summed E-state index contributed by atoms with van der Waals surface area (Å²) in [5.74, 6) is -0.100. The predicted molar refractivity (Wildman–Crippen MR) is 93.0 cm³/mol. The van der Waals surface area contributed by atoms with Crippen molar-refractivity contribution in [1.29, 1.82) is 0 Å². The van der Waals surface area contributed by atoms with Crippen molar-refractivity contribution in [1.82, 2.24) is 0 Å². The smallest absolute Gasteiger partial charge is 0.147 e. The summed E-state index contributed by atoms with van der Waals surface area (Å²) >= 11 is 3.44. The molecular formula is C17H18BrN3O2. The lowest BCUT2D eigenvalue weighted by Crippen LogP contribution is -2.18. The number of benzene rings is 2. The van der Waals surface area contributed by atoms with Gasteiger partial charge in [-0.1, -0.05) is 63.5 Å². The van der Waals surface area contributed by atoms with Crippen molar-refractivity contribution < 1.29 is 9.47 Å². The molecule has 0 bridgehead atoms. The molecule has 5 nitrogen and oxygen atoms in total. The van der Waals surface area contributed by atoms with Crippen LogP contribution in [0.2, 0.25) is 0 Å². The van der Waals surface area contributed by atoms with Crippen LogP contribution in [-0.4, -0.2) is 20.4 Å². The van der Waals surface area contributed by atoms with Gasteiger partial charge in [-0.05, 0) is 28.8 Å². The van der Waals surface area contributed by atoms with Crippen LogP contribution in [0.4, 0.5) is 0 Å². The Morgan fingerprint density at radius 2 is 1.78 bits per heavy atom. The Labute approximate surface area is 144 Å². The third-order valence-corrected chi connectivity index (χ3v) is 4.03. The Bertz CT molecular complexity index is 643. The van der Waals surface area contributed by atoms with E-state index in [-0.39, 0.29) is 18.8 Å². The monoisotopic (exact) mass is 375 g/mol. The second-order valence-electron chi connectivity index (χ2n) is 4.98. The Kier molecular flexibility index (Phi) is 7.10. The predicted octanol–water partition coefficient (Wildman–Crippen LogP) is 5.20. The van der Waals surface area contributed by atoms with Crippen LogP contribution in [0.3, 0.4) is 0 Å². The van der Waals surface area contributed by atoms with Crippen LogP contribution in [0, 0.1) is 0 Å². The maximum atomic E-state index is 8.72. The molecule has 2 atom stereocenters. The first kappa shape index (κ1) is 17.5. The summed E-state index contributed by atoms with van der Waals surface area (Å²) in [6.07, 6.45) is -0.261. The zero-order valence-electron chi connectivity index (χ0n) is 12.8. The van der Waals surface area contributed by atoms with E-state index in [2.05, 4.69) is 26.0 Å². The first-order valence-corrected chi connectivity index (χ1v) is 7.97. The van der Waals surface area contributed by atoms with E-state index in [4.69, 9.17) is 15.0 Å². The lowest BCUT2D eigenvalue weighted by atomic mass is 9.89. The Hall–Kier alpha value is -1.85. The zero-order valence-corrected chi connectivity index (χ0v) is 14.4. The van der Waals surface area contributed by atoms with Crippen molar-refractivity contribution in [2.45, 2.75) is 12.0 Å². The van der Waals surface area contributed by atoms with E-state index < -0.39 is 0 Å². The van der Waals surface area contributed by atoms with Gasteiger partial charge in [-0.15, -0.1) is 0 Å². The third kappa shape index (κ3) is 5.08. The van der Waals surface area contributed by atoms with Crippen molar-refractivity contribution in [3.05, 3.63) is 80.6 Å². The SMILES string of the molecule is COCO[C@@H](c1ccccc1)[C@@H](CN=[N+]=[N-])c1ccc(Br)cc1. The number of halogens is 1. The van der Waals surface area contributed by atoms with Crippen LogP contribution in [0.1, 0.15) is 23.1 Å². The summed E-state index contributed by atoms with van der Waals surface area (Å²) in [7, 11) is 1.59. The molecule has 2 rings (SSSR count). The standard InChI is InChI=1S/C17H18BrN3O2/c1-22-12-23-17(14-5-3-2-4-6-14)16(11-20-21-19)13-7-9-15(18)10-8-13/h2-10,16-17H,11-12H2,1H3/t16-,17-/m0/s1. The third-order valence-electron chi connectivity index (χ3n) is 3.50. The van der Waals surface area contributed by atoms with Gasteiger partial charge in [0, 0.05) is 29.0 Å². The second kappa shape index (κ2) is 9.33. The van der Waals surface area contributed by atoms with Crippen LogP contribution in [-0.2, 0) is 9.47 Å².